The Hall–Kier alpha value is -2.80. The van der Waals surface area contributed by atoms with Crippen LogP contribution in [-0.4, -0.2) is 34.2 Å². The molecule has 0 aliphatic rings. The zero-order valence-corrected chi connectivity index (χ0v) is 14.0. The van der Waals surface area contributed by atoms with Crippen molar-refractivity contribution in [2.75, 3.05) is 18.4 Å². The van der Waals surface area contributed by atoms with Crippen molar-refractivity contribution in [1.82, 2.24) is 20.5 Å². The largest absolute Gasteiger partial charge is 0.367 e. The number of benzene rings is 1. The molecule has 1 amide bonds. The first-order valence-corrected chi connectivity index (χ1v) is 8.38. The molecule has 0 unspecified atom stereocenters. The third kappa shape index (κ3) is 4.36. The lowest BCUT2D eigenvalue weighted by Crippen LogP contribution is -2.27. The smallest absolute Gasteiger partial charge is 0.244 e. The molecule has 3 aromatic rings. The highest BCUT2D eigenvalue weighted by Gasteiger charge is 2.01. The number of nitrogens with zero attached hydrogens (tertiary/aromatic N) is 3. The zero-order chi connectivity index (χ0) is 16.8. The van der Waals surface area contributed by atoms with E-state index in [1.165, 1.54) is 6.08 Å². The van der Waals surface area contributed by atoms with E-state index in [1.807, 2.05) is 43.3 Å². The number of rotatable bonds is 6. The number of fused-ring (bicyclic) bond motifs is 1. The highest BCUT2D eigenvalue weighted by atomic mass is 32.1. The predicted molar refractivity (Wildman–Crippen MR) is 96.9 cm³/mol. The normalized spacial score (nSPS) is 11.0. The average molecular weight is 339 g/mol. The van der Waals surface area contributed by atoms with Gasteiger partial charge in [-0.2, -0.15) is 5.10 Å². The molecule has 0 fully saturated rings. The Morgan fingerprint density at radius 1 is 1.17 bits per heavy atom. The molecule has 3 rings (SSSR count). The van der Waals surface area contributed by atoms with Gasteiger partial charge in [0.15, 0.2) is 0 Å². The number of nitrogens with one attached hydrogen (secondary N) is 2. The van der Waals surface area contributed by atoms with Gasteiger partial charge in [0.05, 0.1) is 15.9 Å². The van der Waals surface area contributed by atoms with Gasteiger partial charge in [0.2, 0.25) is 5.91 Å². The van der Waals surface area contributed by atoms with Crippen LogP contribution in [0.5, 0.6) is 0 Å². The summed E-state index contributed by atoms with van der Waals surface area (Å²) in [5.41, 5.74) is 1.82. The van der Waals surface area contributed by atoms with Crippen LogP contribution < -0.4 is 10.6 Å². The molecule has 0 aliphatic heterocycles. The number of carbonyl (C=O) groups excluding carboxylic acids is 1. The lowest BCUT2D eigenvalue weighted by molar-refractivity contribution is -0.116. The Kier molecular flexibility index (Phi) is 5.12. The van der Waals surface area contributed by atoms with Gasteiger partial charge in [-0.15, -0.1) is 16.4 Å². The van der Waals surface area contributed by atoms with Crippen molar-refractivity contribution < 1.29 is 4.79 Å². The van der Waals surface area contributed by atoms with Crippen LogP contribution in [-0.2, 0) is 4.79 Å². The van der Waals surface area contributed by atoms with E-state index in [0.29, 0.717) is 18.9 Å². The van der Waals surface area contributed by atoms with E-state index >= 15 is 0 Å². The Bertz CT molecular complexity index is 824. The Morgan fingerprint density at radius 3 is 2.83 bits per heavy atom. The van der Waals surface area contributed by atoms with Crippen molar-refractivity contribution in [3.05, 3.63) is 53.2 Å². The second kappa shape index (κ2) is 7.65. The standard InChI is InChI=1S/C17H17N5OS/c1-12-6-7-15(22-21-12)18-10-11-19-16(23)8-9-17-20-13-4-2-3-5-14(13)24-17/h2-9H,10-11H2,1H3,(H,18,22)(H,19,23)/b9-8-. The molecular formula is C17H17N5OS. The number of hydrogen-bond acceptors (Lipinski definition) is 6. The van der Waals surface area contributed by atoms with Crippen LogP contribution in [0.15, 0.2) is 42.5 Å². The van der Waals surface area contributed by atoms with Crippen LogP contribution in [0.25, 0.3) is 16.3 Å². The summed E-state index contributed by atoms with van der Waals surface area (Å²) in [6.45, 7) is 2.96. The van der Waals surface area contributed by atoms with Crippen LogP contribution in [0.4, 0.5) is 5.82 Å². The number of carbonyl (C=O) groups is 1. The molecule has 6 nitrogen and oxygen atoms in total. The van der Waals surface area contributed by atoms with E-state index in [-0.39, 0.29) is 5.91 Å². The summed E-state index contributed by atoms with van der Waals surface area (Å²) in [7, 11) is 0. The summed E-state index contributed by atoms with van der Waals surface area (Å²) < 4.78 is 1.11. The van der Waals surface area contributed by atoms with E-state index in [4.69, 9.17) is 0 Å². The quantitative estimate of drug-likeness (QED) is 0.533. The van der Waals surface area contributed by atoms with E-state index < -0.39 is 0 Å². The molecule has 2 N–H and O–H groups in total. The lowest BCUT2D eigenvalue weighted by Gasteiger charge is -2.05. The molecule has 0 saturated heterocycles. The van der Waals surface area contributed by atoms with Gasteiger partial charge in [-0.3, -0.25) is 4.79 Å². The van der Waals surface area contributed by atoms with E-state index in [1.54, 1.807) is 17.4 Å². The van der Waals surface area contributed by atoms with E-state index in [9.17, 15) is 4.79 Å². The number of thiazole rings is 1. The average Bonchev–Trinajstić information content (AvgIpc) is 3.01. The molecule has 2 aromatic heterocycles. The molecule has 0 saturated carbocycles. The number of amides is 1. The highest BCUT2D eigenvalue weighted by Crippen LogP contribution is 2.22. The SMILES string of the molecule is Cc1ccc(NCCNC(=O)/C=C\c2nc3ccccc3s2)nn1. The van der Waals surface area contributed by atoms with Crippen molar-refractivity contribution in [3.63, 3.8) is 0 Å². The van der Waals surface area contributed by atoms with Crippen molar-refractivity contribution in [3.8, 4) is 0 Å². The summed E-state index contributed by atoms with van der Waals surface area (Å²) in [5.74, 6) is 0.547. The molecule has 2 heterocycles. The molecule has 0 atom stereocenters. The van der Waals surface area contributed by atoms with Crippen molar-refractivity contribution in [1.29, 1.82) is 0 Å². The van der Waals surface area contributed by atoms with E-state index in [0.717, 1.165) is 20.9 Å². The zero-order valence-electron chi connectivity index (χ0n) is 13.2. The summed E-state index contributed by atoms with van der Waals surface area (Å²) in [4.78, 5) is 16.3. The first-order chi connectivity index (χ1) is 11.7. The number of hydrogen-bond donors (Lipinski definition) is 2. The molecule has 24 heavy (non-hydrogen) atoms. The van der Waals surface area contributed by atoms with Crippen molar-refractivity contribution >= 4 is 39.4 Å². The van der Waals surface area contributed by atoms with Crippen LogP contribution in [0.2, 0.25) is 0 Å². The summed E-state index contributed by atoms with van der Waals surface area (Å²) in [5, 5.41) is 14.7. The molecule has 7 heteroatoms. The second-order valence-corrected chi connectivity index (χ2v) is 6.19. The van der Waals surface area contributed by atoms with Crippen molar-refractivity contribution in [2.45, 2.75) is 6.92 Å². The van der Waals surface area contributed by atoms with Gasteiger partial charge >= 0.3 is 0 Å². The Labute approximate surface area is 143 Å². The minimum Gasteiger partial charge on any atom is -0.367 e. The molecule has 0 spiro atoms. The molecular weight excluding hydrogens is 322 g/mol. The van der Waals surface area contributed by atoms with Gasteiger partial charge in [-0.05, 0) is 37.3 Å². The van der Waals surface area contributed by atoms with Gasteiger partial charge < -0.3 is 10.6 Å². The maximum Gasteiger partial charge on any atom is 0.244 e. The topological polar surface area (TPSA) is 79.8 Å². The third-order valence-electron chi connectivity index (χ3n) is 3.22. The Morgan fingerprint density at radius 2 is 2.04 bits per heavy atom. The fraction of sp³-hybridized carbons (Fsp3) is 0.176. The van der Waals surface area contributed by atoms with Crippen LogP contribution in [0.1, 0.15) is 10.7 Å². The van der Waals surface area contributed by atoms with Gasteiger partial charge in [0.1, 0.15) is 10.8 Å². The number of para-hydroxylation sites is 1. The van der Waals surface area contributed by atoms with Gasteiger partial charge in [0.25, 0.3) is 0 Å². The maximum atomic E-state index is 11.8. The monoisotopic (exact) mass is 339 g/mol. The van der Waals surface area contributed by atoms with Gasteiger partial charge in [-0.1, -0.05) is 12.1 Å². The van der Waals surface area contributed by atoms with Gasteiger partial charge in [-0.25, -0.2) is 4.98 Å². The fourth-order valence-corrected chi connectivity index (χ4v) is 2.91. The lowest BCUT2D eigenvalue weighted by atomic mass is 10.3. The molecule has 0 aliphatic carbocycles. The highest BCUT2D eigenvalue weighted by molar-refractivity contribution is 7.19. The number of aromatic nitrogens is 3. The minimum absolute atomic E-state index is 0.147. The van der Waals surface area contributed by atoms with Crippen LogP contribution in [0.3, 0.4) is 0 Å². The maximum absolute atomic E-state index is 11.8. The third-order valence-corrected chi connectivity index (χ3v) is 4.22. The summed E-state index contributed by atoms with van der Waals surface area (Å²) >= 11 is 1.56. The predicted octanol–water partition coefficient (Wildman–Crippen LogP) is 2.64. The summed E-state index contributed by atoms with van der Waals surface area (Å²) in [6, 6.07) is 11.7. The number of aryl methyl sites for hydroxylation is 1. The Balaban J connectivity index is 1.44. The van der Waals surface area contributed by atoms with Crippen LogP contribution in [0, 0.1) is 6.92 Å². The first kappa shape index (κ1) is 16.1. The molecule has 0 radical (unpaired) electrons. The van der Waals surface area contributed by atoms with Gasteiger partial charge in [0, 0.05) is 19.2 Å². The fourth-order valence-electron chi connectivity index (χ4n) is 2.04. The molecule has 0 bridgehead atoms. The first-order valence-electron chi connectivity index (χ1n) is 7.56. The summed E-state index contributed by atoms with van der Waals surface area (Å²) in [6.07, 6.45) is 3.24. The second-order valence-electron chi connectivity index (χ2n) is 5.13. The van der Waals surface area contributed by atoms with Crippen LogP contribution >= 0.6 is 11.3 Å². The molecule has 122 valence electrons. The van der Waals surface area contributed by atoms with E-state index in [2.05, 4.69) is 25.8 Å². The molecule has 1 aromatic carbocycles. The number of anilines is 1. The minimum atomic E-state index is -0.147. The van der Waals surface area contributed by atoms with Crippen molar-refractivity contribution in [2.24, 2.45) is 0 Å².